The Kier molecular flexibility index (Phi) is 3.94. The number of H-pyrrole nitrogens is 1. The monoisotopic (exact) mass is 311 g/mol. The lowest BCUT2D eigenvalue weighted by molar-refractivity contribution is 0.0955. The van der Waals surface area contributed by atoms with Gasteiger partial charge in [-0.15, -0.1) is 0 Å². The molecular formula is C17H14ClN3O. The molecule has 1 aromatic heterocycles. The fourth-order valence-electron chi connectivity index (χ4n) is 2.23. The van der Waals surface area contributed by atoms with E-state index in [4.69, 9.17) is 11.6 Å². The molecule has 0 aliphatic heterocycles. The zero-order chi connectivity index (χ0) is 15.5. The Hall–Kier alpha value is -2.59. The summed E-state index contributed by atoms with van der Waals surface area (Å²) in [6, 6.07) is 13.2. The lowest BCUT2D eigenvalue weighted by Crippen LogP contribution is -2.18. The van der Waals surface area contributed by atoms with Gasteiger partial charge < -0.3 is 4.98 Å². The molecule has 0 saturated heterocycles. The lowest BCUT2D eigenvalue weighted by Gasteiger charge is -2.03. The van der Waals surface area contributed by atoms with E-state index in [1.807, 2.05) is 43.5 Å². The van der Waals surface area contributed by atoms with Crippen LogP contribution >= 0.6 is 11.6 Å². The van der Waals surface area contributed by atoms with Crippen LogP contribution in [-0.4, -0.2) is 17.1 Å². The molecule has 22 heavy (non-hydrogen) atoms. The zero-order valence-electron chi connectivity index (χ0n) is 11.9. The Labute approximate surface area is 132 Å². The number of para-hydroxylation sites is 1. The van der Waals surface area contributed by atoms with Crippen molar-refractivity contribution in [3.63, 3.8) is 0 Å². The van der Waals surface area contributed by atoms with Gasteiger partial charge in [-0.05, 0) is 30.7 Å². The first-order valence-electron chi connectivity index (χ1n) is 6.81. The van der Waals surface area contributed by atoms with Crippen LogP contribution in [0.4, 0.5) is 0 Å². The summed E-state index contributed by atoms with van der Waals surface area (Å²) in [6.45, 7) is 1.92. The molecule has 0 aliphatic carbocycles. The second kappa shape index (κ2) is 6.03. The minimum absolute atomic E-state index is 0.332. The maximum Gasteiger partial charge on any atom is 0.272 e. The van der Waals surface area contributed by atoms with Gasteiger partial charge in [-0.25, -0.2) is 5.43 Å². The van der Waals surface area contributed by atoms with Gasteiger partial charge in [0, 0.05) is 22.7 Å². The van der Waals surface area contributed by atoms with E-state index in [0.29, 0.717) is 10.6 Å². The fourth-order valence-corrected chi connectivity index (χ4v) is 2.55. The van der Waals surface area contributed by atoms with Crippen molar-refractivity contribution in [3.05, 3.63) is 70.4 Å². The molecule has 3 aromatic rings. The zero-order valence-corrected chi connectivity index (χ0v) is 12.7. The van der Waals surface area contributed by atoms with E-state index >= 15 is 0 Å². The predicted molar refractivity (Wildman–Crippen MR) is 89.5 cm³/mol. The Balaban J connectivity index is 1.75. The quantitative estimate of drug-likeness (QED) is 0.559. The summed E-state index contributed by atoms with van der Waals surface area (Å²) in [4.78, 5) is 15.2. The Morgan fingerprint density at radius 2 is 2.09 bits per heavy atom. The van der Waals surface area contributed by atoms with Crippen molar-refractivity contribution in [1.82, 2.24) is 10.4 Å². The fraction of sp³-hybridized carbons (Fsp3) is 0.0588. The smallest absolute Gasteiger partial charge is 0.272 e. The van der Waals surface area contributed by atoms with E-state index < -0.39 is 0 Å². The van der Waals surface area contributed by atoms with E-state index in [1.165, 1.54) is 0 Å². The number of hydrogen-bond donors (Lipinski definition) is 2. The number of nitrogens with one attached hydrogen (secondary N) is 2. The van der Waals surface area contributed by atoms with E-state index in [0.717, 1.165) is 22.0 Å². The maximum absolute atomic E-state index is 12.1. The first-order valence-corrected chi connectivity index (χ1v) is 7.18. The molecule has 0 spiro atoms. The van der Waals surface area contributed by atoms with Gasteiger partial charge in [-0.2, -0.15) is 5.10 Å². The van der Waals surface area contributed by atoms with Crippen molar-refractivity contribution in [2.45, 2.75) is 6.92 Å². The normalized spacial score (nSPS) is 11.2. The van der Waals surface area contributed by atoms with Crippen LogP contribution in [0.25, 0.3) is 10.9 Å². The van der Waals surface area contributed by atoms with Gasteiger partial charge in [0.25, 0.3) is 5.91 Å². The number of benzene rings is 2. The van der Waals surface area contributed by atoms with Crippen molar-refractivity contribution in [3.8, 4) is 0 Å². The molecule has 0 bridgehead atoms. The molecule has 5 heteroatoms. The summed E-state index contributed by atoms with van der Waals surface area (Å²) in [5.41, 5.74) is 5.84. The third kappa shape index (κ3) is 2.87. The van der Waals surface area contributed by atoms with Crippen LogP contribution in [0.5, 0.6) is 0 Å². The highest BCUT2D eigenvalue weighted by Gasteiger charge is 2.09. The standard InChI is InChI=1S/C17H14ClN3O/c1-11-6-7-14(15(18)8-11)17(22)21-20-10-12-9-19-16-5-3-2-4-13(12)16/h2-10,19H,1H3,(H,21,22)/b20-10+. The molecule has 2 N–H and O–H groups in total. The van der Waals surface area contributed by atoms with E-state index in [1.54, 1.807) is 18.3 Å². The van der Waals surface area contributed by atoms with Gasteiger partial charge >= 0.3 is 0 Å². The van der Waals surface area contributed by atoms with Crippen molar-refractivity contribution in [2.75, 3.05) is 0 Å². The van der Waals surface area contributed by atoms with Crippen LogP contribution in [0.15, 0.2) is 53.8 Å². The molecule has 0 unspecified atom stereocenters. The third-order valence-electron chi connectivity index (χ3n) is 3.36. The molecule has 1 heterocycles. The van der Waals surface area contributed by atoms with Crippen LogP contribution in [0.3, 0.4) is 0 Å². The molecule has 0 fully saturated rings. The van der Waals surface area contributed by atoms with E-state index in [9.17, 15) is 4.79 Å². The largest absolute Gasteiger partial charge is 0.361 e. The number of hydrazone groups is 1. The van der Waals surface area contributed by atoms with Gasteiger partial charge in [0.1, 0.15) is 0 Å². The summed E-state index contributed by atoms with van der Waals surface area (Å²) in [6.07, 6.45) is 3.46. The number of nitrogens with zero attached hydrogens (tertiary/aromatic N) is 1. The highest BCUT2D eigenvalue weighted by molar-refractivity contribution is 6.33. The Morgan fingerprint density at radius 1 is 1.27 bits per heavy atom. The first kappa shape index (κ1) is 14.4. The minimum Gasteiger partial charge on any atom is -0.361 e. The number of carbonyl (C=O) groups excluding carboxylic acids is 1. The molecule has 0 atom stereocenters. The maximum atomic E-state index is 12.1. The number of amides is 1. The molecule has 3 rings (SSSR count). The number of hydrogen-bond acceptors (Lipinski definition) is 2. The summed E-state index contributed by atoms with van der Waals surface area (Å²) < 4.78 is 0. The minimum atomic E-state index is -0.332. The summed E-state index contributed by atoms with van der Waals surface area (Å²) >= 11 is 6.06. The SMILES string of the molecule is Cc1ccc(C(=O)N/N=C/c2c[nH]c3ccccc23)c(Cl)c1. The average Bonchev–Trinajstić information content (AvgIpc) is 2.90. The molecule has 4 nitrogen and oxygen atoms in total. The number of aromatic amines is 1. The van der Waals surface area contributed by atoms with Crippen molar-refractivity contribution < 1.29 is 4.79 Å². The van der Waals surface area contributed by atoms with Crippen LogP contribution in [0, 0.1) is 6.92 Å². The highest BCUT2D eigenvalue weighted by Crippen LogP contribution is 2.18. The average molecular weight is 312 g/mol. The van der Waals surface area contributed by atoms with Crippen molar-refractivity contribution in [1.29, 1.82) is 0 Å². The molecular weight excluding hydrogens is 298 g/mol. The van der Waals surface area contributed by atoms with Crippen molar-refractivity contribution in [2.24, 2.45) is 5.10 Å². The number of rotatable bonds is 3. The van der Waals surface area contributed by atoms with E-state index in [2.05, 4.69) is 15.5 Å². The second-order valence-electron chi connectivity index (χ2n) is 4.97. The Morgan fingerprint density at radius 3 is 2.91 bits per heavy atom. The molecule has 0 radical (unpaired) electrons. The number of halogens is 1. The number of carbonyl (C=O) groups is 1. The van der Waals surface area contributed by atoms with Crippen LogP contribution in [0.2, 0.25) is 5.02 Å². The molecule has 0 aliphatic rings. The van der Waals surface area contributed by atoms with Gasteiger partial charge in [0.2, 0.25) is 0 Å². The van der Waals surface area contributed by atoms with Gasteiger partial charge in [-0.1, -0.05) is 35.9 Å². The number of aryl methyl sites for hydroxylation is 1. The van der Waals surface area contributed by atoms with E-state index in [-0.39, 0.29) is 5.91 Å². The van der Waals surface area contributed by atoms with Crippen LogP contribution in [-0.2, 0) is 0 Å². The Bertz CT molecular complexity index is 867. The van der Waals surface area contributed by atoms with Crippen molar-refractivity contribution >= 4 is 34.6 Å². The second-order valence-corrected chi connectivity index (χ2v) is 5.38. The summed E-state index contributed by atoms with van der Waals surface area (Å²) in [5, 5.41) is 5.47. The summed E-state index contributed by atoms with van der Waals surface area (Å²) in [5.74, 6) is -0.332. The topological polar surface area (TPSA) is 57.2 Å². The lowest BCUT2D eigenvalue weighted by atomic mass is 10.1. The predicted octanol–water partition coefficient (Wildman–Crippen LogP) is 3.89. The van der Waals surface area contributed by atoms with Gasteiger partial charge in [0.05, 0.1) is 16.8 Å². The first-order chi connectivity index (χ1) is 10.6. The molecule has 0 saturated carbocycles. The van der Waals surface area contributed by atoms with Crippen LogP contribution in [0.1, 0.15) is 21.5 Å². The highest BCUT2D eigenvalue weighted by atomic mass is 35.5. The van der Waals surface area contributed by atoms with Crippen LogP contribution < -0.4 is 5.43 Å². The van der Waals surface area contributed by atoms with Gasteiger partial charge in [0.15, 0.2) is 0 Å². The molecule has 1 amide bonds. The summed E-state index contributed by atoms with van der Waals surface area (Å²) in [7, 11) is 0. The molecule has 2 aromatic carbocycles. The molecule has 110 valence electrons. The third-order valence-corrected chi connectivity index (χ3v) is 3.67. The number of aromatic nitrogens is 1. The number of fused-ring (bicyclic) bond motifs is 1. The van der Waals surface area contributed by atoms with Gasteiger partial charge in [-0.3, -0.25) is 4.79 Å².